The Labute approximate surface area is 84.3 Å². The van der Waals surface area contributed by atoms with Gasteiger partial charge in [-0.1, -0.05) is 0 Å². The lowest BCUT2D eigenvalue weighted by atomic mass is 9.95. The Morgan fingerprint density at radius 3 is 2.86 bits per heavy atom. The van der Waals surface area contributed by atoms with E-state index in [2.05, 4.69) is 10.1 Å². The minimum atomic E-state index is -0.281. The lowest BCUT2D eigenvalue weighted by Crippen LogP contribution is -2.40. The van der Waals surface area contributed by atoms with Crippen LogP contribution in [0.15, 0.2) is 6.33 Å². The van der Waals surface area contributed by atoms with E-state index in [-0.39, 0.29) is 5.54 Å². The molecular formula is C9H18N4O. The van der Waals surface area contributed by atoms with Crippen molar-refractivity contribution < 1.29 is 4.74 Å². The number of aromatic nitrogens is 3. The smallest absolute Gasteiger partial charge is 0.138 e. The minimum absolute atomic E-state index is 0.281. The van der Waals surface area contributed by atoms with E-state index in [1.165, 1.54) is 0 Å². The van der Waals surface area contributed by atoms with Gasteiger partial charge < -0.3 is 10.5 Å². The molecule has 0 spiro atoms. The van der Waals surface area contributed by atoms with E-state index in [9.17, 15) is 0 Å². The van der Waals surface area contributed by atoms with Crippen molar-refractivity contribution in [2.45, 2.75) is 25.3 Å². The molecule has 0 aromatic carbocycles. The molecule has 1 aromatic heterocycles. The Morgan fingerprint density at radius 2 is 2.36 bits per heavy atom. The van der Waals surface area contributed by atoms with Crippen LogP contribution < -0.4 is 5.73 Å². The van der Waals surface area contributed by atoms with E-state index in [1.54, 1.807) is 18.1 Å². The molecule has 1 heterocycles. The highest BCUT2D eigenvalue weighted by atomic mass is 16.5. The van der Waals surface area contributed by atoms with Gasteiger partial charge in [0.1, 0.15) is 12.2 Å². The Bertz CT molecular complexity index is 282. The maximum Gasteiger partial charge on any atom is 0.138 e. The van der Waals surface area contributed by atoms with Crippen LogP contribution in [0.4, 0.5) is 0 Å². The number of nitrogens with two attached hydrogens (primary N) is 1. The summed E-state index contributed by atoms with van der Waals surface area (Å²) in [6.07, 6.45) is 3.07. The van der Waals surface area contributed by atoms with Gasteiger partial charge in [-0.25, -0.2) is 4.98 Å². The summed E-state index contributed by atoms with van der Waals surface area (Å²) in [5.74, 6) is 0.908. The van der Waals surface area contributed by atoms with E-state index >= 15 is 0 Å². The first-order valence-corrected chi connectivity index (χ1v) is 4.66. The quantitative estimate of drug-likeness (QED) is 0.729. The highest BCUT2D eigenvalue weighted by molar-refractivity contribution is 4.94. The van der Waals surface area contributed by atoms with Gasteiger partial charge in [-0.3, -0.25) is 4.68 Å². The van der Waals surface area contributed by atoms with Crippen molar-refractivity contribution in [2.24, 2.45) is 12.8 Å². The standard InChI is InChI=1S/C9H18N4O/c1-9(10,4-5-14-3)6-8-11-7-12-13(8)2/h7H,4-6,10H2,1-3H3. The number of aryl methyl sites for hydroxylation is 1. The van der Waals surface area contributed by atoms with Crippen molar-refractivity contribution in [3.05, 3.63) is 12.2 Å². The third-order valence-electron chi connectivity index (χ3n) is 2.24. The fraction of sp³-hybridized carbons (Fsp3) is 0.778. The van der Waals surface area contributed by atoms with Crippen LogP contribution in [0.2, 0.25) is 0 Å². The highest BCUT2D eigenvalue weighted by Gasteiger charge is 2.21. The summed E-state index contributed by atoms with van der Waals surface area (Å²) in [5.41, 5.74) is 5.82. The molecule has 0 radical (unpaired) electrons. The topological polar surface area (TPSA) is 66.0 Å². The van der Waals surface area contributed by atoms with Crippen molar-refractivity contribution >= 4 is 0 Å². The lowest BCUT2D eigenvalue weighted by Gasteiger charge is -2.23. The van der Waals surface area contributed by atoms with Crippen molar-refractivity contribution in [1.82, 2.24) is 14.8 Å². The fourth-order valence-electron chi connectivity index (χ4n) is 1.26. The molecule has 1 aromatic rings. The molecule has 0 saturated heterocycles. The average Bonchev–Trinajstić information content (AvgIpc) is 2.48. The van der Waals surface area contributed by atoms with Crippen LogP contribution in [0.3, 0.4) is 0 Å². The van der Waals surface area contributed by atoms with Gasteiger partial charge in [0, 0.05) is 32.7 Å². The first-order valence-electron chi connectivity index (χ1n) is 4.66. The number of rotatable bonds is 5. The Kier molecular flexibility index (Phi) is 3.60. The second-order valence-corrected chi connectivity index (χ2v) is 3.87. The van der Waals surface area contributed by atoms with Crippen molar-refractivity contribution in [3.63, 3.8) is 0 Å². The van der Waals surface area contributed by atoms with Crippen LogP contribution in [-0.2, 0) is 18.2 Å². The van der Waals surface area contributed by atoms with E-state index in [1.807, 2.05) is 14.0 Å². The highest BCUT2D eigenvalue weighted by Crippen LogP contribution is 2.11. The van der Waals surface area contributed by atoms with E-state index in [0.717, 1.165) is 12.2 Å². The minimum Gasteiger partial charge on any atom is -0.385 e. The largest absolute Gasteiger partial charge is 0.385 e. The summed E-state index contributed by atoms with van der Waals surface area (Å²) in [6, 6.07) is 0. The van der Waals surface area contributed by atoms with E-state index in [4.69, 9.17) is 10.5 Å². The molecule has 80 valence electrons. The summed E-state index contributed by atoms with van der Waals surface area (Å²) in [5, 5.41) is 4.00. The third-order valence-corrected chi connectivity index (χ3v) is 2.24. The average molecular weight is 198 g/mol. The van der Waals surface area contributed by atoms with E-state index < -0.39 is 0 Å². The second-order valence-electron chi connectivity index (χ2n) is 3.87. The summed E-state index contributed by atoms with van der Waals surface area (Å²) in [4.78, 5) is 4.14. The summed E-state index contributed by atoms with van der Waals surface area (Å²) in [6.45, 7) is 2.67. The van der Waals surface area contributed by atoms with E-state index in [0.29, 0.717) is 13.0 Å². The Hall–Kier alpha value is -0.940. The molecule has 0 amide bonds. The van der Waals surface area contributed by atoms with Crippen LogP contribution in [0.1, 0.15) is 19.2 Å². The third kappa shape index (κ3) is 3.08. The molecule has 0 aliphatic rings. The van der Waals surface area contributed by atoms with Crippen LogP contribution in [0, 0.1) is 0 Å². The van der Waals surface area contributed by atoms with Crippen LogP contribution in [0.5, 0.6) is 0 Å². The van der Waals surface area contributed by atoms with Crippen molar-refractivity contribution in [1.29, 1.82) is 0 Å². The van der Waals surface area contributed by atoms with Gasteiger partial charge in [0.15, 0.2) is 0 Å². The van der Waals surface area contributed by atoms with Gasteiger partial charge in [-0.2, -0.15) is 5.10 Å². The molecule has 0 aliphatic heterocycles. The molecule has 14 heavy (non-hydrogen) atoms. The summed E-state index contributed by atoms with van der Waals surface area (Å²) in [7, 11) is 3.55. The predicted molar refractivity (Wildman–Crippen MR) is 53.8 cm³/mol. The molecular weight excluding hydrogens is 180 g/mol. The normalized spacial score (nSPS) is 15.4. The lowest BCUT2D eigenvalue weighted by molar-refractivity contribution is 0.171. The van der Waals surface area contributed by atoms with Gasteiger partial charge in [0.2, 0.25) is 0 Å². The number of hydrogen-bond acceptors (Lipinski definition) is 4. The van der Waals surface area contributed by atoms with Crippen LogP contribution >= 0.6 is 0 Å². The Morgan fingerprint density at radius 1 is 1.64 bits per heavy atom. The number of nitrogens with zero attached hydrogens (tertiary/aromatic N) is 3. The zero-order chi connectivity index (χ0) is 10.6. The molecule has 0 fully saturated rings. The first kappa shape index (κ1) is 11.1. The summed E-state index contributed by atoms with van der Waals surface area (Å²) >= 11 is 0. The van der Waals surface area contributed by atoms with Gasteiger partial charge in [0.05, 0.1) is 0 Å². The second kappa shape index (κ2) is 4.52. The SMILES string of the molecule is COCCC(C)(N)Cc1ncnn1C. The van der Waals surface area contributed by atoms with Gasteiger partial charge in [-0.05, 0) is 13.3 Å². The molecule has 5 heteroatoms. The maximum atomic E-state index is 6.10. The molecule has 1 atom stereocenters. The first-order chi connectivity index (χ1) is 6.55. The molecule has 5 nitrogen and oxygen atoms in total. The zero-order valence-electron chi connectivity index (χ0n) is 9.03. The van der Waals surface area contributed by atoms with Crippen molar-refractivity contribution in [2.75, 3.05) is 13.7 Å². The zero-order valence-corrected chi connectivity index (χ0v) is 9.03. The number of ether oxygens (including phenoxy) is 1. The van der Waals surface area contributed by atoms with Gasteiger partial charge in [-0.15, -0.1) is 0 Å². The van der Waals surface area contributed by atoms with Crippen molar-refractivity contribution in [3.8, 4) is 0 Å². The number of methoxy groups -OCH3 is 1. The molecule has 2 N–H and O–H groups in total. The van der Waals surface area contributed by atoms with Gasteiger partial charge >= 0.3 is 0 Å². The summed E-state index contributed by atoms with van der Waals surface area (Å²) < 4.78 is 6.75. The van der Waals surface area contributed by atoms with Gasteiger partial charge in [0.25, 0.3) is 0 Å². The maximum absolute atomic E-state index is 6.10. The fourth-order valence-corrected chi connectivity index (χ4v) is 1.26. The molecule has 1 rings (SSSR count). The Balaban J connectivity index is 2.54. The predicted octanol–water partition coefficient (Wildman–Crippen LogP) is 0.111. The molecule has 1 unspecified atom stereocenters. The number of hydrogen-bond donors (Lipinski definition) is 1. The molecule has 0 aliphatic carbocycles. The van der Waals surface area contributed by atoms with Crippen LogP contribution in [0.25, 0.3) is 0 Å². The molecule has 0 saturated carbocycles. The van der Waals surface area contributed by atoms with Crippen LogP contribution in [-0.4, -0.2) is 34.0 Å². The molecule has 0 bridgehead atoms. The monoisotopic (exact) mass is 198 g/mol.